The highest BCUT2D eigenvalue weighted by atomic mass is 19.0. The third kappa shape index (κ3) is 140. The molecule has 0 aliphatic heterocycles. The molecule has 0 aromatic carbocycles. The van der Waals surface area contributed by atoms with Crippen molar-refractivity contribution in [2.45, 2.75) is 7.43 Å². The van der Waals surface area contributed by atoms with Gasteiger partial charge in [-0.1, -0.05) is 7.43 Å². The van der Waals surface area contributed by atoms with Crippen LogP contribution in [0.2, 0.25) is 0 Å². The molecule has 0 atom stereocenters. The van der Waals surface area contributed by atoms with E-state index in [2.05, 4.69) is 0 Å². The molecule has 0 amide bonds. The molecule has 0 aromatic rings. The fraction of sp³-hybridized carbons (Fsp3) is 1.00. The van der Waals surface area contributed by atoms with Gasteiger partial charge in [-0.05, 0) is 0 Å². The van der Waals surface area contributed by atoms with Crippen LogP contribution in [-0.2, 0) is 0 Å². The molecule has 0 N–H and O–H groups in total. The maximum atomic E-state index is 0. The van der Waals surface area contributed by atoms with Crippen molar-refractivity contribution in [2.75, 3.05) is 0 Å². The van der Waals surface area contributed by atoms with Crippen LogP contribution in [0.1, 0.15) is 7.43 Å². The van der Waals surface area contributed by atoms with Gasteiger partial charge in [0.1, 0.15) is 0 Å². The Bertz CT molecular complexity index is 3.61. The summed E-state index contributed by atoms with van der Waals surface area (Å²) in [6.07, 6.45) is 0. The topological polar surface area (TPSA) is 0 Å². The van der Waals surface area contributed by atoms with Crippen molar-refractivity contribution in [3.05, 3.63) is 0 Å². The van der Waals surface area contributed by atoms with Crippen LogP contribution in [-0.4, -0.2) is 0 Å². The summed E-state index contributed by atoms with van der Waals surface area (Å²) >= 11 is 0. The molecular formula is CH8F4. The SMILES string of the molecule is C.F.F.F.F. The summed E-state index contributed by atoms with van der Waals surface area (Å²) in [5, 5.41) is 0. The van der Waals surface area contributed by atoms with E-state index in [1.165, 1.54) is 0 Å². The summed E-state index contributed by atoms with van der Waals surface area (Å²) in [4.78, 5) is 0. The van der Waals surface area contributed by atoms with Crippen LogP contribution in [0.15, 0.2) is 0 Å². The Morgan fingerprint density at radius 1 is 0.400 bits per heavy atom. The fourth-order valence-electron chi connectivity index (χ4n) is 0. The Hall–Kier alpha value is -0.280. The van der Waals surface area contributed by atoms with E-state index in [0.717, 1.165) is 0 Å². The molecule has 0 aliphatic rings. The molecule has 0 spiro atoms. The zero-order valence-corrected chi connectivity index (χ0v) is 1.63. The Balaban J connectivity index is 0. The van der Waals surface area contributed by atoms with Crippen molar-refractivity contribution >= 4 is 0 Å². The maximum Gasteiger partial charge on any atom is -0.0776 e. The van der Waals surface area contributed by atoms with Gasteiger partial charge >= 0.3 is 0 Å². The van der Waals surface area contributed by atoms with Gasteiger partial charge in [-0.3, -0.25) is 18.8 Å². The summed E-state index contributed by atoms with van der Waals surface area (Å²) in [5.74, 6) is 0. The minimum absolute atomic E-state index is 0. The van der Waals surface area contributed by atoms with E-state index in [9.17, 15) is 0 Å². The average molecular weight is 96.1 g/mol. The lowest BCUT2D eigenvalue weighted by Crippen LogP contribution is 0.144. The monoisotopic (exact) mass is 96.1 g/mol. The van der Waals surface area contributed by atoms with E-state index in [4.69, 9.17) is 0 Å². The van der Waals surface area contributed by atoms with Crippen molar-refractivity contribution < 1.29 is 18.8 Å². The third-order valence-corrected chi connectivity index (χ3v) is 0. The third-order valence-electron chi connectivity index (χ3n) is 0. The summed E-state index contributed by atoms with van der Waals surface area (Å²) in [7, 11) is 0. The van der Waals surface area contributed by atoms with Crippen LogP contribution < -0.4 is 0 Å². The molecule has 0 nitrogen and oxygen atoms in total. The van der Waals surface area contributed by atoms with Gasteiger partial charge in [0.15, 0.2) is 0 Å². The second kappa shape index (κ2) is 351. The summed E-state index contributed by atoms with van der Waals surface area (Å²) in [5.41, 5.74) is 0. The molecule has 0 saturated carbocycles. The van der Waals surface area contributed by atoms with Crippen molar-refractivity contribution in [3.8, 4) is 0 Å². The van der Waals surface area contributed by atoms with Gasteiger partial charge in [-0.2, -0.15) is 0 Å². The van der Waals surface area contributed by atoms with Gasteiger partial charge in [-0.25, -0.2) is 0 Å². The minimum atomic E-state index is 0. The largest absolute Gasteiger partial charge is 0.269 e. The molecule has 0 unspecified atom stereocenters. The van der Waals surface area contributed by atoms with Crippen LogP contribution in [0.25, 0.3) is 0 Å². The van der Waals surface area contributed by atoms with Gasteiger partial charge in [0.2, 0.25) is 0 Å². The number of rotatable bonds is 0. The van der Waals surface area contributed by atoms with Crippen LogP contribution in [0.4, 0.5) is 18.8 Å². The lowest BCUT2D eigenvalue weighted by molar-refractivity contribution is 1.11. The summed E-state index contributed by atoms with van der Waals surface area (Å²) in [6.45, 7) is 0. The predicted octanol–water partition coefficient (Wildman–Crippen LogP) is 1.25. The van der Waals surface area contributed by atoms with Crippen molar-refractivity contribution in [3.63, 3.8) is 0 Å². The Kier molecular flexibility index (Phi) is 58500. The number of hydrogen-bond donors (Lipinski definition) is 0. The first-order valence-corrected chi connectivity index (χ1v) is 0. The van der Waals surface area contributed by atoms with Gasteiger partial charge < -0.3 is 0 Å². The van der Waals surface area contributed by atoms with E-state index < -0.39 is 0 Å². The molecule has 0 rings (SSSR count). The molecule has 0 heterocycles. The first-order valence-electron chi connectivity index (χ1n) is 0. The van der Waals surface area contributed by atoms with E-state index in [-0.39, 0.29) is 26.2 Å². The highest BCUT2D eigenvalue weighted by molar-refractivity contribution is 2.50. The van der Waals surface area contributed by atoms with Gasteiger partial charge in [0, 0.05) is 0 Å². The quantitative estimate of drug-likeness (QED) is 0.398. The van der Waals surface area contributed by atoms with Crippen molar-refractivity contribution in [1.29, 1.82) is 0 Å². The smallest absolute Gasteiger partial charge is 0.0776 e. The first kappa shape index (κ1) is 833. The Morgan fingerprint density at radius 3 is 0.400 bits per heavy atom. The van der Waals surface area contributed by atoms with E-state index in [1.807, 2.05) is 0 Å². The van der Waals surface area contributed by atoms with Gasteiger partial charge in [0.05, 0.1) is 0 Å². The second-order valence-electron chi connectivity index (χ2n) is 0. The molecule has 0 radical (unpaired) electrons. The van der Waals surface area contributed by atoms with E-state index in [1.54, 1.807) is 0 Å². The van der Waals surface area contributed by atoms with Gasteiger partial charge in [-0.15, -0.1) is 0 Å². The summed E-state index contributed by atoms with van der Waals surface area (Å²) in [6, 6.07) is 0. The zero-order chi connectivity index (χ0) is 0. The van der Waals surface area contributed by atoms with E-state index >= 15 is 0 Å². The lowest BCUT2D eigenvalue weighted by Gasteiger charge is -0.270. The van der Waals surface area contributed by atoms with Crippen molar-refractivity contribution in [2.24, 2.45) is 0 Å². The predicted molar refractivity (Wildman–Crippen MR) is 16.7 cm³/mol. The lowest BCUT2D eigenvalue weighted by atomic mass is 12.0. The van der Waals surface area contributed by atoms with Crippen LogP contribution in [0.3, 0.4) is 0 Å². The van der Waals surface area contributed by atoms with Crippen molar-refractivity contribution in [1.82, 2.24) is 0 Å². The van der Waals surface area contributed by atoms with Crippen LogP contribution in [0, 0.1) is 0 Å². The standard InChI is InChI=1S/CH4.4FH/h1H4;4*1H. The summed E-state index contributed by atoms with van der Waals surface area (Å²) < 4.78 is 0. The number of halogens is 4. The maximum absolute atomic E-state index is 0. The Labute approximate surface area is 27.7 Å². The minimum Gasteiger partial charge on any atom is -0.269 e. The van der Waals surface area contributed by atoms with Gasteiger partial charge in [0.25, 0.3) is 0 Å². The highest BCUT2D eigenvalue weighted by Crippen LogP contribution is 0.423. The molecule has 5 heavy (non-hydrogen) atoms. The molecule has 0 aliphatic carbocycles. The van der Waals surface area contributed by atoms with Crippen LogP contribution >= 0.6 is 0 Å². The van der Waals surface area contributed by atoms with E-state index in [0.29, 0.717) is 0 Å². The molecule has 0 saturated heterocycles. The normalized spacial score (nSPS) is 0. The average Bonchev–Trinajstić information content (AvgIpc) is 0. The fourth-order valence-corrected chi connectivity index (χ4v) is 0. The molecule has 40 valence electrons. The number of hydrogen-bond acceptors (Lipinski definition) is 0. The first-order chi connectivity index (χ1) is 0. The highest BCUT2D eigenvalue weighted by Gasteiger charge is -0.0775. The molecule has 0 bridgehead atoms. The Morgan fingerprint density at radius 2 is 0.400 bits per heavy atom. The molecular weight excluding hydrogens is 88.0 g/mol. The molecule has 0 aromatic heterocycles. The zero-order valence-electron chi connectivity index (χ0n) is 1.63. The second-order valence-corrected chi connectivity index (χ2v) is 0. The molecule has 0 fully saturated rings. The van der Waals surface area contributed by atoms with Crippen LogP contribution in [0.5, 0.6) is 0 Å². The molecule has 4 heteroatoms.